The molecule has 0 radical (unpaired) electrons. The topological polar surface area (TPSA) is 52.0 Å². The Kier molecular flexibility index (Phi) is 12.8. The van der Waals surface area contributed by atoms with Gasteiger partial charge in [0.25, 0.3) is 0 Å². The molecular weight excluding hydrogens is 364 g/mol. The zero-order valence-electron chi connectivity index (χ0n) is 19.1. The van der Waals surface area contributed by atoms with E-state index in [1.807, 2.05) is 24.3 Å². The highest BCUT2D eigenvalue weighted by Gasteiger charge is 1.99. The van der Waals surface area contributed by atoms with Crippen LogP contribution in [0.2, 0.25) is 0 Å². The summed E-state index contributed by atoms with van der Waals surface area (Å²) in [7, 11) is 0. The van der Waals surface area contributed by atoms with E-state index < -0.39 is 0 Å². The van der Waals surface area contributed by atoms with Crippen molar-refractivity contribution < 1.29 is 0 Å². The Morgan fingerprint density at radius 1 is 0.367 bits per heavy atom. The van der Waals surface area contributed by atoms with E-state index in [1.54, 1.807) is 0 Å². The Morgan fingerprint density at radius 3 is 0.933 bits per heavy atom. The summed E-state index contributed by atoms with van der Waals surface area (Å²) in [5.41, 5.74) is 16.6. The first kappa shape index (κ1) is 24.3. The van der Waals surface area contributed by atoms with Crippen molar-refractivity contribution in [3.63, 3.8) is 0 Å². The van der Waals surface area contributed by atoms with E-state index in [1.165, 1.54) is 101 Å². The summed E-state index contributed by atoms with van der Waals surface area (Å²) in [5, 5.41) is 0. The molecule has 2 aromatic rings. The lowest BCUT2D eigenvalue weighted by Crippen LogP contribution is -1.94. The van der Waals surface area contributed by atoms with Gasteiger partial charge in [-0.1, -0.05) is 113 Å². The van der Waals surface area contributed by atoms with Crippen molar-refractivity contribution in [3.8, 4) is 0 Å². The Balaban J connectivity index is 1.29. The highest BCUT2D eigenvalue weighted by atomic mass is 14.6. The summed E-state index contributed by atoms with van der Waals surface area (Å²) in [6.07, 6.45) is 21.5. The lowest BCUT2D eigenvalue weighted by atomic mass is 10.0. The first-order valence-corrected chi connectivity index (χ1v) is 12.4. The second-order valence-corrected chi connectivity index (χ2v) is 8.85. The van der Waals surface area contributed by atoms with Gasteiger partial charge in [-0.2, -0.15) is 0 Å². The molecule has 2 aromatic carbocycles. The number of aryl methyl sites for hydroxylation is 2. The molecule has 0 amide bonds. The minimum atomic E-state index is 0.954. The first-order chi connectivity index (χ1) is 14.8. The average molecular weight is 409 g/mol. The summed E-state index contributed by atoms with van der Waals surface area (Å²) < 4.78 is 0. The maximum Gasteiger partial charge on any atom is 0.0346 e. The quantitative estimate of drug-likeness (QED) is 0.205. The van der Waals surface area contributed by atoms with Gasteiger partial charge in [-0.15, -0.1) is 0 Å². The summed E-state index contributed by atoms with van der Waals surface area (Å²) in [4.78, 5) is 0. The fourth-order valence-corrected chi connectivity index (χ4v) is 4.28. The highest BCUT2D eigenvalue weighted by Crippen LogP contribution is 2.17. The van der Waals surface area contributed by atoms with Crippen LogP contribution in [0.3, 0.4) is 0 Å². The standard InChI is InChI=1S/C28H44N2/c29-27-23-17-15-21-25(27)19-13-11-9-7-5-3-1-2-4-6-8-10-12-14-20-26-22-16-18-24-28(26)30/h15-18,21-24H,1-14,19-20,29-30H2. The molecule has 0 heterocycles. The maximum atomic E-state index is 6.00. The fraction of sp³-hybridized carbons (Fsp3) is 0.571. The van der Waals surface area contributed by atoms with Crippen LogP contribution in [0.5, 0.6) is 0 Å². The number of unbranched alkanes of at least 4 members (excludes halogenated alkanes) is 13. The molecule has 0 bridgehead atoms. The first-order valence-electron chi connectivity index (χ1n) is 12.4. The van der Waals surface area contributed by atoms with Gasteiger partial charge in [0.05, 0.1) is 0 Å². The third kappa shape index (κ3) is 10.7. The number of hydrogen-bond acceptors (Lipinski definition) is 2. The Labute approximate surface area is 185 Å². The van der Waals surface area contributed by atoms with Crippen molar-refractivity contribution in [3.05, 3.63) is 59.7 Å². The highest BCUT2D eigenvalue weighted by molar-refractivity contribution is 5.46. The number of nitrogen functional groups attached to an aromatic ring is 2. The second kappa shape index (κ2) is 15.8. The van der Waals surface area contributed by atoms with Crippen LogP contribution >= 0.6 is 0 Å². The van der Waals surface area contributed by atoms with Gasteiger partial charge in [-0.05, 0) is 48.9 Å². The van der Waals surface area contributed by atoms with Gasteiger partial charge < -0.3 is 11.5 Å². The number of hydrogen-bond donors (Lipinski definition) is 2. The molecule has 2 nitrogen and oxygen atoms in total. The molecule has 0 saturated heterocycles. The van der Waals surface area contributed by atoms with Crippen LogP contribution < -0.4 is 11.5 Å². The van der Waals surface area contributed by atoms with Gasteiger partial charge in [0, 0.05) is 11.4 Å². The van der Waals surface area contributed by atoms with Crippen molar-refractivity contribution >= 4 is 11.4 Å². The van der Waals surface area contributed by atoms with E-state index in [-0.39, 0.29) is 0 Å². The zero-order valence-corrected chi connectivity index (χ0v) is 19.1. The molecule has 2 rings (SSSR count). The third-order valence-electron chi connectivity index (χ3n) is 6.25. The molecule has 4 N–H and O–H groups in total. The summed E-state index contributed by atoms with van der Waals surface area (Å²) in [6.45, 7) is 0. The zero-order chi connectivity index (χ0) is 21.3. The average Bonchev–Trinajstić information content (AvgIpc) is 2.76. The Morgan fingerprint density at radius 2 is 0.633 bits per heavy atom. The van der Waals surface area contributed by atoms with Gasteiger partial charge in [0.2, 0.25) is 0 Å². The second-order valence-electron chi connectivity index (χ2n) is 8.85. The molecule has 0 aliphatic heterocycles. The molecule has 0 atom stereocenters. The van der Waals surface area contributed by atoms with Crippen molar-refractivity contribution in [2.24, 2.45) is 0 Å². The molecule has 0 spiro atoms. The van der Waals surface area contributed by atoms with E-state index in [9.17, 15) is 0 Å². The molecule has 0 saturated carbocycles. The Hall–Kier alpha value is -1.96. The lowest BCUT2D eigenvalue weighted by Gasteiger charge is -2.06. The van der Waals surface area contributed by atoms with Gasteiger partial charge in [-0.25, -0.2) is 0 Å². The van der Waals surface area contributed by atoms with Crippen LogP contribution in [0.1, 0.15) is 101 Å². The number of benzene rings is 2. The van der Waals surface area contributed by atoms with Crippen LogP contribution in [0, 0.1) is 0 Å². The summed E-state index contributed by atoms with van der Waals surface area (Å²) in [5.74, 6) is 0. The van der Waals surface area contributed by atoms with Gasteiger partial charge in [-0.3, -0.25) is 0 Å². The minimum Gasteiger partial charge on any atom is -0.399 e. The van der Waals surface area contributed by atoms with E-state index in [0.717, 1.165) is 24.2 Å². The largest absolute Gasteiger partial charge is 0.399 e. The van der Waals surface area contributed by atoms with E-state index in [4.69, 9.17) is 11.5 Å². The number of anilines is 2. The predicted octanol–water partition coefficient (Wildman–Crippen LogP) is 8.10. The predicted molar refractivity (Wildman–Crippen MR) is 134 cm³/mol. The van der Waals surface area contributed by atoms with Gasteiger partial charge in [0.1, 0.15) is 0 Å². The van der Waals surface area contributed by atoms with E-state index in [2.05, 4.69) is 24.3 Å². The molecule has 166 valence electrons. The van der Waals surface area contributed by atoms with E-state index >= 15 is 0 Å². The molecule has 0 aliphatic rings. The SMILES string of the molecule is Nc1ccccc1CCCCCCCCCCCCCCCCc1ccccc1N. The smallest absolute Gasteiger partial charge is 0.0346 e. The summed E-state index contributed by atoms with van der Waals surface area (Å²) >= 11 is 0. The Bertz CT molecular complexity index is 620. The minimum absolute atomic E-state index is 0.954. The molecular formula is C28H44N2. The number of nitrogens with two attached hydrogens (primary N) is 2. The maximum absolute atomic E-state index is 6.00. The molecule has 2 heteroatoms. The van der Waals surface area contributed by atoms with Crippen LogP contribution in [0.25, 0.3) is 0 Å². The van der Waals surface area contributed by atoms with E-state index in [0.29, 0.717) is 0 Å². The van der Waals surface area contributed by atoms with Gasteiger partial charge in [0.15, 0.2) is 0 Å². The van der Waals surface area contributed by atoms with Crippen molar-refractivity contribution in [1.82, 2.24) is 0 Å². The molecule has 0 aromatic heterocycles. The summed E-state index contributed by atoms with van der Waals surface area (Å²) in [6, 6.07) is 16.6. The lowest BCUT2D eigenvalue weighted by molar-refractivity contribution is 0.533. The van der Waals surface area contributed by atoms with Crippen molar-refractivity contribution in [2.75, 3.05) is 11.5 Å². The van der Waals surface area contributed by atoms with Gasteiger partial charge >= 0.3 is 0 Å². The van der Waals surface area contributed by atoms with Crippen molar-refractivity contribution in [1.29, 1.82) is 0 Å². The normalized spacial score (nSPS) is 11.1. The molecule has 0 aliphatic carbocycles. The monoisotopic (exact) mass is 408 g/mol. The van der Waals surface area contributed by atoms with Crippen molar-refractivity contribution in [2.45, 2.75) is 103 Å². The fourth-order valence-electron chi connectivity index (χ4n) is 4.28. The van der Waals surface area contributed by atoms with Crippen LogP contribution in [-0.4, -0.2) is 0 Å². The molecule has 0 fully saturated rings. The van der Waals surface area contributed by atoms with Crippen LogP contribution in [0.15, 0.2) is 48.5 Å². The number of para-hydroxylation sites is 2. The van der Waals surface area contributed by atoms with Crippen LogP contribution in [0.4, 0.5) is 11.4 Å². The molecule has 0 unspecified atom stereocenters. The van der Waals surface area contributed by atoms with Crippen LogP contribution in [-0.2, 0) is 12.8 Å². The molecule has 30 heavy (non-hydrogen) atoms. The number of rotatable bonds is 17. The third-order valence-corrected chi connectivity index (χ3v) is 6.25.